The Bertz CT molecular complexity index is 944. The molecule has 0 saturated carbocycles. The number of unbranched alkanes of at least 4 members (excludes halogenated alkanes) is 8. The van der Waals surface area contributed by atoms with Gasteiger partial charge in [0.25, 0.3) is 0 Å². The minimum absolute atomic E-state index is 0. The maximum Gasteiger partial charge on any atom is 4.00 e. The van der Waals surface area contributed by atoms with E-state index in [0.29, 0.717) is 73.0 Å². The van der Waals surface area contributed by atoms with E-state index in [1.807, 2.05) is 27.7 Å². The Hall–Kier alpha value is 1.45. The molecule has 0 aliphatic carbocycles. The Balaban J connectivity index is -0.000000227. The minimum atomic E-state index is -3.07. The summed E-state index contributed by atoms with van der Waals surface area (Å²) in [5.74, 6) is 1.57. The SMILES string of the molecule is CCCCC(CC)CP(=O)([O-])CCCC.CCCCC(CC)CP(=O)([O-])CCCC.CCCCC(CC)CP(=O)([O-])CCCC.CCCCC(CC)CP(=O)([O-])CCCC.[Mo+4]. The molecule has 8 atom stereocenters. The molecule has 0 N–H and O–H groups in total. The van der Waals surface area contributed by atoms with Gasteiger partial charge in [-0.25, -0.2) is 0 Å². The van der Waals surface area contributed by atoms with Crippen molar-refractivity contribution in [3.05, 3.63) is 0 Å². The average Bonchev–Trinajstić information content (AvgIpc) is 3.21. The third-order valence-electron chi connectivity index (χ3n) is 11.7. The fourth-order valence-corrected chi connectivity index (χ4v) is 16.0. The second-order valence-electron chi connectivity index (χ2n) is 18.0. The predicted octanol–water partition coefficient (Wildman–Crippen LogP) is 14.6. The molecule has 0 spiro atoms. The van der Waals surface area contributed by atoms with Crippen LogP contribution in [-0.4, -0.2) is 49.3 Å². The van der Waals surface area contributed by atoms with Crippen LogP contribution in [0.15, 0.2) is 0 Å². The van der Waals surface area contributed by atoms with Gasteiger partial charge in [-0.15, -0.1) is 0 Å². The topological polar surface area (TPSA) is 161 Å². The predicted molar refractivity (Wildman–Crippen MR) is 262 cm³/mol. The second kappa shape index (κ2) is 46.6. The maximum atomic E-state index is 11.7. The monoisotopic (exact) mass is 1030 g/mol. The van der Waals surface area contributed by atoms with Gasteiger partial charge in [-0.05, 0) is 98.7 Å². The van der Waals surface area contributed by atoms with Crippen LogP contribution in [0.5, 0.6) is 0 Å². The molecule has 8 unspecified atom stereocenters. The molecule has 0 saturated heterocycles. The van der Waals surface area contributed by atoms with Gasteiger partial charge in [-0.2, -0.15) is 0 Å². The van der Waals surface area contributed by atoms with E-state index in [2.05, 4.69) is 55.4 Å². The molecule has 13 heteroatoms. The smallest absolute Gasteiger partial charge is 0.799 e. The van der Waals surface area contributed by atoms with Gasteiger partial charge in [0.05, 0.1) is 0 Å². The molecule has 0 rings (SSSR count). The van der Waals surface area contributed by atoms with Crippen LogP contribution in [0, 0.1) is 23.7 Å². The summed E-state index contributed by atoms with van der Waals surface area (Å²) >= 11 is 0. The summed E-state index contributed by atoms with van der Waals surface area (Å²) in [4.78, 5) is 47.0. The van der Waals surface area contributed by atoms with Crippen molar-refractivity contribution >= 4 is 29.5 Å². The van der Waals surface area contributed by atoms with Crippen molar-refractivity contribution in [1.29, 1.82) is 0 Å². The van der Waals surface area contributed by atoms with Crippen LogP contribution < -0.4 is 19.6 Å². The second-order valence-corrected chi connectivity index (χ2v) is 27.7. The van der Waals surface area contributed by atoms with Gasteiger partial charge in [0.15, 0.2) is 0 Å². The first-order valence-electron chi connectivity index (χ1n) is 25.4. The number of hydrogen-bond donors (Lipinski definition) is 0. The molecule has 0 radical (unpaired) electrons. The Kier molecular flexibility index (Phi) is 54.5. The van der Waals surface area contributed by atoms with Gasteiger partial charge in [-0.1, -0.05) is 212 Å². The van der Waals surface area contributed by atoms with Crippen LogP contribution in [0.1, 0.15) is 237 Å². The van der Waals surface area contributed by atoms with Crippen LogP contribution in [0.2, 0.25) is 0 Å². The fourth-order valence-electron chi connectivity index (χ4n) is 7.20. The maximum absolute atomic E-state index is 11.7. The Morgan fingerprint density at radius 2 is 0.443 bits per heavy atom. The van der Waals surface area contributed by atoms with Crippen molar-refractivity contribution in [3.63, 3.8) is 0 Å². The van der Waals surface area contributed by atoms with E-state index in [9.17, 15) is 37.8 Å². The standard InChI is InChI=1S/4C12H27O2P.Mo/c4*1-4-7-9-12(6-3)11-15(13,14)10-8-5-2;/h4*12H,4-11H2,1-3H3,(H,13,14);/q;;;;+4/p-4. The first kappa shape index (κ1) is 71.4. The fraction of sp³-hybridized carbons (Fsp3) is 1.00. The first-order chi connectivity index (χ1) is 28.2. The van der Waals surface area contributed by atoms with Crippen molar-refractivity contribution in [2.75, 3.05) is 49.3 Å². The molecule has 0 aliphatic heterocycles. The number of hydrogen-bond acceptors (Lipinski definition) is 8. The minimum Gasteiger partial charge on any atom is -0.799 e. The molecule has 370 valence electrons. The quantitative estimate of drug-likeness (QED) is 0.0443. The van der Waals surface area contributed by atoms with E-state index in [1.54, 1.807) is 0 Å². The van der Waals surface area contributed by atoms with Gasteiger partial charge >= 0.3 is 21.1 Å². The zero-order chi connectivity index (χ0) is 46.9. The van der Waals surface area contributed by atoms with Crippen molar-refractivity contribution in [2.24, 2.45) is 23.7 Å². The molecular weight excluding hydrogens is 924 g/mol. The van der Waals surface area contributed by atoms with Crippen molar-refractivity contribution in [2.45, 2.75) is 237 Å². The Morgan fingerprint density at radius 3 is 0.557 bits per heavy atom. The molecule has 0 fully saturated rings. The van der Waals surface area contributed by atoms with Crippen LogP contribution in [0.25, 0.3) is 0 Å². The van der Waals surface area contributed by atoms with Gasteiger partial charge in [0, 0.05) is 29.5 Å². The van der Waals surface area contributed by atoms with Crippen molar-refractivity contribution < 1.29 is 58.9 Å². The van der Waals surface area contributed by atoms with Crippen molar-refractivity contribution in [1.82, 2.24) is 0 Å². The summed E-state index contributed by atoms with van der Waals surface area (Å²) in [5.41, 5.74) is 0. The van der Waals surface area contributed by atoms with E-state index >= 15 is 0 Å². The van der Waals surface area contributed by atoms with E-state index in [4.69, 9.17) is 0 Å². The largest absolute Gasteiger partial charge is 4.00 e. The summed E-state index contributed by atoms with van der Waals surface area (Å²) in [6.45, 7) is 25.1. The summed E-state index contributed by atoms with van der Waals surface area (Å²) in [6.07, 6.45) is 28.1. The third-order valence-corrected chi connectivity index (χ3v) is 20.0. The normalized spacial score (nSPS) is 17.0. The van der Waals surface area contributed by atoms with Crippen molar-refractivity contribution in [3.8, 4) is 0 Å². The Morgan fingerprint density at radius 1 is 0.295 bits per heavy atom. The molecule has 0 bridgehead atoms. The van der Waals surface area contributed by atoms with Crippen LogP contribution in [-0.2, 0) is 39.3 Å². The molecular formula is C48H104MoO8P4. The van der Waals surface area contributed by atoms with E-state index in [1.165, 1.54) is 0 Å². The molecule has 0 aromatic heterocycles. The van der Waals surface area contributed by atoms with Gasteiger partial charge in [0.1, 0.15) is 0 Å². The van der Waals surface area contributed by atoms with Gasteiger partial charge in [0.2, 0.25) is 0 Å². The molecule has 8 nitrogen and oxygen atoms in total. The molecule has 0 aliphatic rings. The van der Waals surface area contributed by atoms with Gasteiger partial charge < -0.3 is 37.8 Å². The van der Waals surface area contributed by atoms with E-state index in [0.717, 1.165) is 154 Å². The Labute approximate surface area is 396 Å². The summed E-state index contributed by atoms with van der Waals surface area (Å²) in [6, 6.07) is 0. The summed E-state index contributed by atoms with van der Waals surface area (Å²) in [7, 11) is -12.3. The van der Waals surface area contributed by atoms with Crippen LogP contribution in [0.3, 0.4) is 0 Å². The zero-order valence-corrected chi connectivity index (χ0v) is 48.0. The number of rotatable bonds is 36. The third kappa shape index (κ3) is 50.7. The summed E-state index contributed by atoms with van der Waals surface area (Å²) in [5, 5.41) is 0. The van der Waals surface area contributed by atoms with E-state index in [-0.39, 0.29) is 21.1 Å². The van der Waals surface area contributed by atoms with Gasteiger partial charge in [-0.3, -0.25) is 0 Å². The zero-order valence-electron chi connectivity index (χ0n) is 42.4. The molecule has 0 aromatic carbocycles. The van der Waals surface area contributed by atoms with Crippen LogP contribution >= 0.6 is 29.5 Å². The summed E-state index contributed by atoms with van der Waals surface area (Å²) < 4.78 is 47.0. The molecule has 61 heavy (non-hydrogen) atoms. The average molecular weight is 1030 g/mol. The molecule has 0 aromatic rings. The first-order valence-corrected chi connectivity index (χ1v) is 33.4. The van der Waals surface area contributed by atoms with Crippen LogP contribution in [0.4, 0.5) is 0 Å². The molecule has 0 heterocycles. The molecule has 0 amide bonds. The van der Waals surface area contributed by atoms with E-state index < -0.39 is 29.5 Å².